The third-order valence-corrected chi connectivity index (χ3v) is 7.91. The molecule has 0 fully saturated rings. The van der Waals surface area contributed by atoms with Gasteiger partial charge in [-0.25, -0.2) is 0 Å². The van der Waals surface area contributed by atoms with E-state index in [1.807, 2.05) is 55.5 Å². The highest BCUT2D eigenvalue weighted by atomic mass is 16.7. The van der Waals surface area contributed by atoms with Crippen molar-refractivity contribution in [1.82, 2.24) is 4.90 Å². The lowest BCUT2D eigenvalue weighted by Crippen LogP contribution is -2.46. The molecule has 0 aromatic heterocycles. The summed E-state index contributed by atoms with van der Waals surface area (Å²) in [7, 11) is 4.61. The van der Waals surface area contributed by atoms with E-state index in [0.29, 0.717) is 58.5 Å². The number of amides is 1. The Morgan fingerprint density at radius 2 is 1.57 bits per heavy atom. The summed E-state index contributed by atoms with van der Waals surface area (Å²) >= 11 is 0. The Morgan fingerprint density at radius 1 is 0.950 bits per heavy atom. The Labute approximate surface area is 233 Å². The molecule has 40 heavy (non-hydrogen) atoms. The summed E-state index contributed by atoms with van der Waals surface area (Å²) in [5.74, 6) is 0.0192. The van der Waals surface area contributed by atoms with Gasteiger partial charge in [0.15, 0.2) is 23.0 Å². The molecule has 1 aliphatic heterocycles. The molecule has 1 amide bonds. The summed E-state index contributed by atoms with van der Waals surface area (Å²) in [4.78, 5) is 16.2. The summed E-state index contributed by atoms with van der Waals surface area (Å²) in [5, 5.41) is 22.2. The van der Waals surface area contributed by atoms with Crippen molar-refractivity contribution in [2.75, 3.05) is 41.3 Å². The first-order valence-corrected chi connectivity index (χ1v) is 13.3. The number of ether oxygens (including phenoxy) is 5. The van der Waals surface area contributed by atoms with Gasteiger partial charge in [-0.3, -0.25) is 4.79 Å². The summed E-state index contributed by atoms with van der Waals surface area (Å²) < 4.78 is 28.1. The standard InChI is InChI=1S/C31H35NO8/c1-5-32(15-18-9-7-6-8-10-18)31(35)28-22(16-33)29(34)21-14-24-23(39-17-40-24)13-20(21)27(28)19-11-25(36-2)30(38-4)26(12-19)37-3/h6-14,22,27-29,33-34H,5,15-17H2,1-4H3/t22-,27+,28-,29-/m1/s1. The van der Waals surface area contributed by atoms with Crippen LogP contribution in [0.15, 0.2) is 54.6 Å². The van der Waals surface area contributed by atoms with E-state index in [0.717, 1.165) is 5.56 Å². The SMILES string of the molecule is CCN(Cc1ccccc1)C(=O)[C@H]1[C@@H](c2cc(OC)c(OC)c(OC)c2)c2cc3c(cc2[C@@H](O)[C@@H]1CO)OCO3. The smallest absolute Gasteiger partial charge is 0.231 e. The molecule has 0 saturated heterocycles. The van der Waals surface area contributed by atoms with Gasteiger partial charge in [0.25, 0.3) is 0 Å². The van der Waals surface area contributed by atoms with E-state index >= 15 is 0 Å². The maximum absolute atomic E-state index is 14.5. The quantitative estimate of drug-likeness (QED) is 0.414. The van der Waals surface area contributed by atoms with Crippen molar-refractivity contribution < 1.29 is 38.7 Å². The van der Waals surface area contributed by atoms with E-state index < -0.39 is 30.5 Å². The summed E-state index contributed by atoms with van der Waals surface area (Å²) in [5.41, 5.74) is 3.00. The molecule has 0 bridgehead atoms. The number of rotatable bonds is 9. The maximum atomic E-state index is 14.5. The molecular weight excluding hydrogens is 514 g/mol. The zero-order chi connectivity index (χ0) is 28.4. The fraction of sp³-hybridized carbons (Fsp3) is 0.387. The van der Waals surface area contributed by atoms with Crippen LogP contribution in [-0.2, 0) is 11.3 Å². The Hall–Kier alpha value is -3.95. The minimum atomic E-state index is -1.10. The molecule has 4 atom stereocenters. The van der Waals surface area contributed by atoms with E-state index in [-0.39, 0.29) is 12.7 Å². The lowest BCUT2D eigenvalue weighted by Gasteiger charge is -2.43. The van der Waals surface area contributed by atoms with E-state index in [2.05, 4.69) is 0 Å². The van der Waals surface area contributed by atoms with E-state index in [9.17, 15) is 15.0 Å². The number of benzene rings is 3. The van der Waals surface area contributed by atoms with Crippen molar-refractivity contribution in [2.24, 2.45) is 11.8 Å². The number of hydrogen-bond acceptors (Lipinski definition) is 8. The predicted octanol–water partition coefficient (Wildman–Crippen LogP) is 3.89. The number of aliphatic hydroxyl groups excluding tert-OH is 2. The fourth-order valence-corrected chi connectivity index (χ4v) is 5.93. The maximum Gasteiger partial charge on any atom is 0.231 e. The summed E-state index contributed by atoms with van der Waals surface area (Å²) in [6.45, 7) is 2.45. The summed E-state index contributed by atoms with van der Waals surface area (Å²) in [6, 6.07) is 17.0. The van der Waals surface area contributed by atoms with Gasteiger partial charge < -0.3 is 38.8 Å². The molecule has 2 aliphatic rings. The molecule has 9 heteroatoms. The van der Waals surface area contributed by atoms with Crippen molar-refractivity contribution in [3.05, 3.63) is 76.9 Å². The molecule has 212 valence electrons. The molecule has 5 rings (SSSR count). The zero-order valence-corrected chi connectivity index (χ0v) is 23.1. The van der Waals surface area contributed by atoms with E-state index in [1.54, 1.807) is 11.0 Å². The first-order valence-electron chi connectivity index (χ1n) is 13.3. The van der Waals surface area contributed by atoms with Gasteiger partial charge in [-0.2, -0.15) is 0 Å². The number of methoxy groups -OCH3 is 3. The van der Waals surface area contributed by atoms with Gasteiger partial charge in [-0.1, -0.05) is 30.3 Å². The van der Waals surface area contributed by atoms with Gasteiger partial charge in [0, 0.05) is 31.5 Å². The van der Waals surface area contributed by atoms with Crippen LogP contribution in [0, 0.1) is 11.8 Å². The molecule has 1 heterocycles. The second-order valence-electron chi connectivity index (χ2n) is 9.93. The lowest BCUT2D eigenvalue weighted by molar-refractivity contribution is -0.142. The van der Waals surface area contributed by atoms with Crippen molar-refractivity contribution in [3.63, 3.8) is 0 Å². The van der Waals surface area contributed by atoms with Crippen molar-refractivity contribution in [3.8, 4) is 28.7 Å². The van der Waals surface area contributed by atoms with Crippen LogP contribution < -0.4 is 23.7 Å². The first kappa shape index (κ1) is 27.6. The minimum Gasteiger partial charge on any atom is -0.493 e. The second-order valence-corrected chi connectivity index (χ2v) is 9.93. The molecule has 0 unspecified atom stereocenters. The van der Waals surface area contributed by atoms with Crippen LogP contribution in [0.1, 0.15) is 41.2 Å². The minimum absolute atomic E-state index is 0.0651. The molecule has 0 saturated carbocycles. The average Bonchev–Trinajstić information content (AvgIpc) is 3.46. The molecule has 3 aromatic carbocycles. The normalized spacial score (nSPS) is 20.9. The second kappa shape index (κ2) is 11.7. The predicted molar refractivity (Wildman–Crippen MR) is 147 cm³/mol. The molecule has 9 nitrogen and oxygen atoms in total. The van der Waals surface area contributed by atoms with Crippen LogP contribution in [0.2, 0.25) is 0 Å². The van der Waals surface area contributed by atoms with Crippen molar-refractivity contribution in [1.29, 1.82) is 0 Å². The van der Waals surface area contributed by atoms with Crippen LogP contribution in [-0.4, -0.2) is 62.3 Å². The van der Waals surface area contributed by atoms with Gasteiger partial charge in [-0.15, -0.1) is 0 Å². The monoisotopic (exact) mass is 549 g/mol. The third kappa shape index (κ3) is 4.80. The molecule has 2 N–H and O–H groups in total. The Morgan fingerprint density at radius 3 is 2.12 bits per heavy atom. The zero-order valence-electron chi connectivity index (χ0n) is 23.1. The van der Waals surface area contributed by atoms with E-state index in [4.69, 9.17) is 23.7 Å². The van der Waals surface area contributed by atoms with Crippen LogP contribution in [0.25, 0.3) is 0 Å². The number of carbonyl (C=O) groups excluding carboxylic acids is 1. The molecule has 1 aliphatic carbocycles. The van der Waals surface area contributed by atoms with Crippen molar-refractivity contribution >= 4 is 5.91 Å². The third-order valence-electron chi connectivity index (χ3n) is 7.91. The lowest BCUT2D eigenvalue weighted by atomic mass is 9.64. The van der Waals surface area contributed by atoms with Gasteiger partial charge >= 0.3 is 0 Å². The first-order chi connectivity index (χ1) is 19.4. The number of fused-ring (bicyclic) bond motifs is 2. The van der Waals surface area contributed by atoms with Crippen LogP contribution in [0.5, 0.6) is 28.7 Å². The average molecular weight is 550 g/mol. The van der Waals surface area contributed by atoms with Crippen molar-refractivity contribution in [2.45, 2.75) is 25.5 Å². The van der Waals surface area contributed by atoms with Gasteiger partial charge in [0.1, 0.15) is 0 Å². The molecule has 0 radical (unpaired) electrons. The number of nitrogens with zero attached hydrogens (tertiary/aromatic N) is 1. The van der Waals surface area contributed by atoms with Crippen LogP contribution in [0.4, 0.5) is 0 Å². The highest BCUT2D eigenvalue weighted by Gasteiger charge is 2.48. The Bertz CT molecular complexity index is 1340. The number of carbonyl (C=O) groups is 1. The number of aliphatic hydroxyl groups is 2. The van der Waals surface area contributed by atoms with Gasteiger partial charge in [0.2, 0.25) is 18.4 Å². The topological polar surface area (TPSA) is 107 Å². The van der Waals surface area contributed by atoms with Crippen LogP contribution in [0.3, 0.4) is 0 Å². The molecular formula is C31H35NO8. The van der Waals surface area contributed by atoms with Crippen LogP contribution >= 0.6 is 0 Å². The number of hydrogen-bond donors (Lipinski definition) is 2. The Balaban J connectivity index is 1.70. The van der Waals surface area contributed by atoms with E-state index in [1.165, 1.54) is 21.3 Å². The fourth-order valence-electron chi connectivity index (χ4n) is 5.93. The summed E-state index contributed by atoms with van der Waals surface area (Å²) in [6.07, 6.45) is -1.10. The largest absolute Gasteiger partial charge is 0.493 e. The highest BCUT2D eigenvalue weighted by Crippen LogP contribution is 2.54. The van der Waals surface area contributed by atoms with Gasteiger partial charge in [0.05, 0.1) is 33.4 Å². The van der Waals surface area contributed by atoms with Gasteiger partial charge in [-0.05, 0) is 53.4 Å². The Kier molecular flexibility index (Phi) is 8.04. The molecule has 0 spiro atoms. The highest BCUT2D eigenvalue weighted by molar-refractivity contribution is 5.82. The molecule has 3 aromatic rings.